The monoisotopic (exact) mass is 666 g/mol. The van der Waals surface area contributed by atoms with Crippen molar-refractivity contribution < 1.29 is 9.47 Å². The number of aromatic nitrogens is 2. The van der Waals surface area contributed by atoms with Crippen LogP contribution in [-0.4, -0.2) is 41.5 Å². The van der Waals surface area contributed by atoms with Gasteiger partial charge in [-0.3, -0.25) is 4.90 Å². The van der Waals surface area contributed by atoms with E-state index in [1.54, 1.807) is 14.2 Å². The summed E-state index contributed by atoms with van der Waals surface area (Å²) in [4.78, 5) is 2.56. The van der Waals surface area contributed by atoms with E-state index in [-0.39, 0.29) is 0 Å². The maximum Gasteiger partial charge on any atom is 0.163 e. The van der Waals surface area contributed by atoms with Crippen molar-refractivity contribution in [2.75, 3.05) is 29.4 Å². The summed E-state index contributed by atoms with van der Waals surface area (Å²) < 4.78 is 13.3. The first kappa shape index (κ1) is 32.0. The molecule has 5 aromatic rings. The van der Waals surface area contributed by atoms with E-state index in [2.05, 4.69) is 105 Å². The highest BCUT2D eigenvalue weighted by atomic mass is 16.5. The third-order valence-corrected chi connectivity index (χ3v) is 10.6. The van der Waals surface area contributed by atoms with Crippen LogP contribution in [0.3, 0.4) is 0 Å². The quantitative estimate of drug-likeness (QED) is 0.169. The summed E-state index contributed by atoms with van der Waals surface area (Å²) in [6, 6.07) is 38.3. The molecule has 0 atom stereocenters. The molecule has 4 aromatic carbocycles. The molecule has 1 N–H and O–H groups in total. The van der Waals surface area contributed by atoms with Gasteiger partial charge in [-0.25, -0.2) is 9.69 Å². The molecule has 256 valence electrons. The van der Waals surface area contributed by atoms with Gasteiger partial charge in [0.25, 0.3) is 0 Å². The smallest absolute Gasteiger partial charge is 0.163 e. The van der Waals surface area contributed by atoms with Crippen LogP contribution in [0.2, 0.25) is 0 Å². The number of nitrogens with zero attached hydrogens (tertiary/aromatic N) is 5. The third-order valence-electron chi connectivity index (χ3n) is 10.6. The maximum atomic E-state index is 5.60. The Labute approximate surface area is 295 Å². The van der Waals surface area contributed by atoms with Crippen LogP contribution in [0.15, 0.2) is 114 Å². The van der Waals surface area contributed by atoms with Gasteiger partial charge in [0.2, 0.25) is 0 Å². The highest BCUT2D eigenvalue weighted by Gasteiger charge is 2.53. The lowest BCUT2D eigenvalue weighted by molar-refractivity contribution is 0.299. The summed E-state index contributed by atoms with van der Waals surface area (Å²) >= 11 is 0. The average Bonchev–Trinajstić information content (AvgIpc) is 3.71. The molecule has 8 nitrogen and oxygen atoms in total. The first-order valence-electron chi connectivity index (χ1n) is 18.2. The van der Waals surface area contributed by atoms with E-state index in [0.717, 1.165) is 95.6 Å². The first-order valence-corrected chi connectivity index (χ1v) is 18.2. The highest BCUT2D eigenvalue weighted by Crippen LogP contribution is 2.52. The zero-order chi connectivity index (χ0) is 33.9. The Kier molecular flexibility index (Phi) is 8.92. The second-order valence-corrected chi connectivity index (χ2v) is 13.7. The molecule has 0 radical (unpaired) electrons. The molecular weight excluding hydrogens is 621 g/mol. The Morgan fingerprint density at radius 1 is 0.640 bits per heavy atom. The van der Waals surface area contributed by atoms with Crippen molar-refractivity contribution in [3.8, 4) is 28.4 Å². The number of anilines is 3. The van der Waals surface area contributed by atoms with Gasteiger partial charge in [-0.05, 0) is 87.1 Å². The molecule has 0 unspecified atom stereocenters. The van der Waals surface area contributed by atoms with E-state index >= 15 is 0 Å². The van der Waals surface area contributed by atoms with Crippen molar-refractivity contribution >= 4 is 23.0 Å². The number of benzene rings is 4. The summed E-state index contributed by atoms with van der Waals surface area (Å²) in [5.41, 5.74) is 5.74. The summed E-state index contributed by atoms with van der Waals surface area (Å²) in [6.45, 7) is 0. The van der Waals surface area contributed by atoms with Crippen LogP contribution < -0.4 is 24.7 Å². The van der Waals surface area contributed by atoms with E-state index in [1.807, 2.05) is 24.3 Å². The molecule has 1 spiro atoms. The van der Waals surface area contributed by atoms with E-state index in [4.69, 9.17) is 19.7 Å². The van der Waals surface area contributed by atoms with Gasteiger partial charge in [-0.2, -0.15) is 10.2 Å². The molecule has 1 aliphatic heterocycles. The number of ether oxygens (including phenoxy) is 2. The molecule has 8 rings (SSSR count). The Morgan fingerprint density at radius 2 is 1.20 bits per heavy atom. The number of hydrazone groups is 1. The predicted molar refractivity (Wildman–Crippen MR) is 203 cm³/mol. The van der Waals surface area contributed by atoms with Crippen molar-refractivity contribution in [1.29, 1.82) is 0 Å². The van der Waals surface area contributed by atoms with Crippen LogP contribution in [0.4, 0.5) is 17.2 Å². The number of rotatable bonds is 9. The fourth-order valence-corrected chi connectivity index (χ4v) is 8.08. The number of nitrogens with one attached hydrogen (secondary N) is 1. The van der Waals surface area contributed by atoms with Gasteiger partial charge in [0.1, 0.15) is 28.5 Å². The van der Waals surface area contributed by atoms with E-state index in [0.29, 0.717) is 6.04 Å². The maximum absolute atomic E-state index is 5.60. The third kappa shape index (κ3) is 5.86. The number of amidine groups is 1. The zero-order valence-electron chi connectivity index (χ0n) is 29.1. The van der Waals surface area contributed by atoms with Crippen LogP contribution in [0.1, 0.15) is 69.8 Å². The molecule has 2 aliphatic carbocycles. The van der Waals surface area contributed by atoms with Gasteiger partial charge < -0.3 is 14.8 Å². The fraction of sp³-hybridized carbons (Fsp3) is 0.333. The Morgan fingerprint density at radius 3 is 1.80 bits per heavy atom. The molecule has 0 bridgehead atoms. The Hall–Kier alpha value is -5.24. The second kappa shape index (κ2) is 13.9. The molecule has 8 heteroatoms. The largest absolute Gasteiger partial charge is 0.497 e. The van der Waals surface area contributed by atoms with Crippen molar-refractivity contribution in [1.82, 2.24) is 9.78 Å². The van der Waals surface area contributed by atoms with Crippen molar-refractivity contribution in [3.63, 3.8) is 0 Å². The molecule has 0 amide bonds. The van der Waals surface area contributed by atoms with Crippen LogP contribution in [0, 0.1) is 0 Å². The van der Waals surface area contributed by atoms with Crippen molar-refractivity contribution in [2.45, 2.75) is 75.9 Å². The lowest BCUT2D eigenvalue weighted by atomic mass is 9.85. The first-order chi connectivity index (χ1) is 24.7. The SMILES string of the molecule is COc1ccc(N2N=C(c3ccccc3)N(c3c(-c4ccccc4)nn(-c4ccc(OC)cc4)c3NC3CCCCC3)C23CCCCC3)cc1. The molecule has 0 saturated heterocycles. The summed E-state index contributed by atoms with van der Waals surface area (Å²) in [6.07, 6.45) is 11.4. The molecular formula is C42H46N6O2. The standard InChI is InChI=1S/C42H46N6O2/c1-49-36-25-21-34(22-26-36)47-41(43-33-19-11-5-12-20-33)39(38(44-47)31-15-7-3-8-16-31)46-40(32-17-9-4-10-18-32)45-48(42(46)29-13-6-14-30-42)35-23-27-37(50-2)28-24-35/h3-4,7-10,15-18,21-28,33,43H,5-6,11-14,19-20,29-30H2,1-2H3. The second-order valence-electron chi connectivity index (χ2n) is 13.7. The predicted octanol–water partition coefficient (Wildman–Crippen LogP) is 9.65. The highest BCUT2D eigenvalue weighted by molar-refractivity contribution is 6.16. The number of methoxy groups -OCH3 is 2. The minimum Gasteiger partial charge on any atom is -0.497 e. The number of hydrogen-bond acceptors (Lipinski definition) is 7. The fourth-order valence-electron chi connectivity index (χ4n) is 8.08. The molecule has 2 heterocycles. The summed E-state index contributed by atoms with van der Waals surface area (Å²) in [7, 11) is 3.42. The lowest BCUT2D eigenvalue weighted by Gasteiger charge is -2.47. The summed E-state index contributed by atoms with van der Waals surface area (Å²) in [5.74, 6) is 3.59. The Bertz CT molecular complexity index is 1910. The molecule has 2 saturated carbocycles. The van der Waals surface area contributed by atoms with E-state index in [9.17, 15) is 0 Å². The van der Waals surface area contributed by atoms with E-state index < -0.39 is 5.66 Å². The minimum absolute atomic E-state index is 0.347. The van der Waals surface area contributed by atoms with Gasteiger partial charge in [0.15, 0.2) is 11.7 Å². The van der Waals surface area contributed by atoms with Crippen LogP contribution in [0.25, 0.3) is 16.9 Å². The molecule has 2 fully saturated rings. The normalized spacial score (nSPS) is 17.5. The van der Waals surface area contributed by atoms with Gasteiger partial charge in [-0.15, -0.1) is 0 Å². The minimum atomic E-state index is -0.446. The van der Waals surface area contributed by atoms with Crippen LogP contribution >= 0.6 is 0 Å². The van der Waals surface area contributed by atoms with Crippen LogP contribution in [0.5, 0.6) is 11.5 Å². The Balaban J connectivity index is 1.41. The van der Waals surface area contributed by atoms with Gasteiger partial charge in [0.05, 0.1) is 25.6 Å². The van der Waals surface area contributed by atoms with Gasteiger partial charge >= 0.3 is 0 Å². The van der Waals surface area contributed by atoms with Crippen molar-refractivity contribution in [2.24, 2.45) is 5.10 Å². The van der Waals surface area contributed by atoms with Gasteiger partial charge in [0, 0.05) is 17.2 Å². The molecule has 1 aromatic heterocycles. The van der Waals surface area contributed by atoms with E-state index in [1.165, 1.54) is 25.7 Å². The molecule has 50 heavy (non-hydrogen) atoms. The average molecular weight is 667 g/mol. The lowest BCUT2D eigenvalue weighted by Crippen LogP contribution is -2.57. The topological polar surface area (TPSA) is 67.2 Å². The molecule has 3 aliphatic rings. The van der Waals surface area contributed by atoms with Crippen LogP contribution in [-0.2, 0) is 0 Å². The number of hydrogen-bond donors (Lipinski definition) is 1. The summed E-state index contributed by atoms with van der Waals surface area (Å²) in [5, 5.41) is 17.5. The van der Waals surface area contributed by atoms with Crippen molar-refractivity contribution in [3.05, 3.63) is 115 Å². The van der Waals surface area contributed by atoms with Gasteiger partial charge in [-0.1, -0.05) is 86.3 Å². The zero-order valence-corrected chi connectivity index (χ0v) is 29.1.